The average Bonchev–Trinajstić information content (AvgIpc) is 2.09. The summed E-state index contributed by atoms with van der Waals surface area (Å²) in [6.45, 7) is 6.16. The lowest BCUT2D eigenvalue weighted by molar-refractivity contribution is -0.141. The fourth-order valence-corrected chi connectivity index (χ4v) is 0.540. The normalized spacial score (nSPS) is 11.4. The molecule has 4 nitrogen and oxygen atoms in total. The van der Waals surface area contributed by atoms with Crippen LogP contribution in [0, 0.1) is 5.41 Å². The molecule has 0 rings (SSSR count). The molecular formula is C10H16O4. The standard InChI is InChI=1S/C10H16O4/c1-10(2,3)7-14-9(12)6-5-8(11)13-4/h5-6H,7H2,1-4H3/b6-5+. The molecule has 4 heteroatoms. The first kappa shape index (κ1) is 12.7. The van der Waals surface area contributed by atoms with Crippen molar-refractivity contribution in [2.45, 2.75) is 20.8 Å². The van der Waals surface area contributed by atoms with Crippen LogP contribution in [0.5, 0.6) is 0 Å². The van der Waals surface area contributed by atoms with E-state index >= 15 is 0 Å². The van der Waals surface area contributed by atoms with Crippen LogP contribution in [0.15, 0.2) is 12.2 Å². The molecule has 0 aromatic rings. The second-order valence-electron chi connectivity index (χ2n) is 4.02. The van der Waals surface area contributed by atoms with Gasteiger partial charge in [-0.15, -0.1) is 0 Å². The molecule has 0 atom stereocenters. The van der Waals surface area contributed by atoms with Gasteiger partial charge in [-0.25, -0.2) is 9.59 Å². The largest absolute Gasteiger partial charge is 0.466 e. The molecule has 0 saturated carbocycles. The Bertz CT molecular complexity index is 235. The maximum Gasteiger partial charge on any atom is 0.331 e. The molecule has 0 N–H and O–H groups in total. The topological polar surface area (TPSA) is 52.6 Å². The SMILES string of the molecule is COC(=O)/C=C/C(=O)OCC(C)(C)C. The van der Waals surface area contributed by atoms with Crippen LogP contribution in [0.2, 0.25) is 0 Å². The van der Waals surface area contributed by atoms with Gasteiger partial charge in [-0.3, -0.25) is 0 Å². The lowest BCUT2D eigenvalue weighted by Crippen LogP contribution is -2.17. The molecule has 0 aliphatic rings. The molecule has 0 amide bonds. The van der Waals surface area contributed by atoms with Gasteiger partial charge in [0.15, 0.2) is 0 Å². The quantitative estimate of drug-likeness (QED) is 0.509. The third-order valence-electron chi connectivity index (χ3n) is 1.20. The summed E-state index contributed by atoms with van der Waals surface area (Å²) in [5.74, 6) is -1.11. The van der Waals surface area contributed by atoms with E-state index in [2.05, 4.69) is 4.74 Å². The van der Waals surface area contributed by atoms with Crippen LogP contribution < -0.4 is 0 Å². The maximum atomic E-state index is 11.0. The second-order valence-corrected chi connectivity index (χ2v) is 4.02. The zero-order valence-corrected chi connectivity index (χ0v) is 8.99. The lowest BCUT2D eigenvalue weighted by Gasteiger charge is -2.16. The number of carbonyl (C=O) groups is 2. The summed E-state index contributed by atoms with van der Waals surface area (Å²) in [5, 5.41) is 0. The summed E-state index contributed by atoms with van der Waals surface area (Å²) in [7, 11) is 1.24. The Morgan fingerprint density at radius 1 is 1.14 bits per heavy atom. The van der Waals surface area contributed by atoms with Gasteiger partial charge in [0.1, 0.15) is 0 Å². The lowest BCUT2D eigenvalue weighted by atomic mass is 9.99. The molecule has 80 valence electrons. The zero-order valence-electron chi connectivity index (χ0n) is 8.99. The third kappa shape index (κ3) is 7.34. The molecular weight excluding hydrogens is 184 g/mol. The van der Waals surface area contributed by atoms with Crippen LogP contribution in [0.4, 0.5) is 0 Å². The molecule has 0 aromatic heterocycles. The van der Waals surface area contributed by atoms with Crippen molar-refractivity contribution in [2.75, 3.05) is 13.7 Å². The fourth-order valence-electron chi connectivity index (χ4n) is 0.540. The van der Waals surface area contributed by atoms with E-state index in [0.717, 1.165) is 12.2 Å². The van der Waals surface area contributed by atoms with E-state index < -0.39 is 11.9 Å². The van der Waals surface area contributed by atoms with Crippen molar-refractivity contribution in [2.24, 2.45) is 5.41 Å². The van der Waals surface area contributed by atoms with Crippen molar-refractivity contribution in [1.82, 2.24) is 0 Å². The average molecular weight is 200 g/mol. The van der Waals surface area contributed by atoms with Gasteiger partial charge in [-0.2, -0.15) is 0 Å². The first-order valence-corrected chi connectivity index (χ1v) is 4.28. The predicted molar refractivity (Wildman–Crippen MR) is 51.6 cm³/mol. The number of esters is 2. The van der Waals surface area contributed by atoms with Crippen LogP contribution in [0.25, 0.3) is 0 Å². The minimum absolute atomic E-state index is 0.0746. The van der Waals surface area contributed by atoms with Crippen LogP contribution in [-0.2, 0) is 19.1 Å². The monoisotopic (exact) mass is 200 g/mol. The van der Waals surface area contributed by atoms with Crippen molar-refractivity contribution in [3.63, 3.8) is 0 Å². The molecule has 0 bridgehead atoms. The maximum absolute atomic E-state index is 11.0. The Balaban J connectivity index is 3.88. The van der Waals surface area contributed by atoms with Gasteiger partial charge in [0, 0.05) is 12.2 Å². The number of carbonyl (C=O) groups excluding carboxylic acids is 2. The number of hydrogen-bond donors (Lipinski definition) is 0. The summed E-state index contributed by atoms with van der Waals surface area (Å²) in [5.41, 5.74) is -0.0746. The molecule has 0 aliphatic heterocycles. The minimum Gasteiger partial charge on any atom is -0.466 e. The highest BCUT2D eigenvalue weighted by molar-refractivity contribution is 5.91. The molecule has 0 spiro atoms. The Morgan fingerprint density at radius 3 is 2.07 bits per heavy atom. The smallest absolute Gasteiger partial charge is 0.331 e. The van der Waals surface area contributed by atoms with E-state index in [4.69, 9.17) is 4.74 Å². The Labute approximate surface area is 83.9 Å². The molecule has 0 radical (unpaired) electrons. The van der Waals surface area contributed by atoms with Gasteiger partial charge >= 0.3 is 11.9 Å². The Kier molecular flexibility index (Phi) is 4.91. The van der Waals surface area contributed by atoms with Crippen molar-refractivity contribution in [1.29, 1.82) is 0 Å². The van der Waals surface area contributed by atoms with Crippen LogP contribution >= 0.6 is 0 Å². The number of methoxy groups -OCH3 is 1. The van der Waals surface area contributed by atoms with Crippen LogP contribution in [0.1, 0.15) is 20.8 Å². The zero-order chi connectivity index (χ0) is 11.2. The van der Waals surface area contributed by atoms with E-state index in [1.54, 1.807) is 0 Å². The van der Waals surface area contributed by atoms with Crippen molar-refractivity contribution >= 4 is 11.9 Å². The van der Waals surface area contributed by atoms with Gasteiger partial charge in [0.25, 0.3) is 0 Å². The van der Waals surface area contributed by atoms with E-state index in [0.29, 0.717) is 6.61 Å². The Morgan fingerprint density at radius 2 is 1.64 bits per heavy atom. The van der Waals surface area contributed by atoms with E-state index in [1.165, 1.54) is 7.11 Å². The highest BCUT2D eigenvalue weighted by atomic mass is 16.5. The highest BCUT2D eigenvalue weighted by Gasteiger charge is 2.12. The Hall–Kier alpha value is -1.32. The molecule has 0 saturated heterocycles. The second kappa shape index (κ2) is 5.42. The molecule has 14 heavy (non-hydrogen) atoms. The predicted octanol–water partition coefficient (Wildman–Crippen LogP) is 1.30. The van der Waals surface area contributed by atoms with E-state index in [-0.39, 0.29) is 5.41 Å². The third-order valence-corrected chi connectivity index (χ3v) is 1.20. The van der Waals surface area contributed by atoms with Crippen molar-refractivity contribution < 1.29 is 19.1 Å². The summed E-state index contributed by atoms with van der Waals surface area (Å²) >= 11 is 0. The van der Waals surface area contributed by atoms with Crippen LogP contribution in [-0.4, -0.2) is 25.7 Å². The van der Waals surface area contributed by atoms with Crippen LogP contribution in [0.3, 0.4) is 0 Å². The fraction of sp³-hybridized carbons (Fsp3) is 0.600. The number of rotatable bonds is 3. The summed E-state index contributed by atoms with van der Waals surface area (Å²) in [6, 6.07) is 0. The number of hydrogen-bond acceptors (Lipinski definition) is 4. The summed E-state index contributed by atoms with van der Waals surface area (Å²) < 4.78 is 9.18. The molecule has 0 aliphatic carbocycles. The van der Waals surface area contributed by atoms with Crippen molar-refractivity contribution in [3.8, 4) is 0 Å². The first-order valence-electron chi connectivity index (χ1n) is 4.28. The highest BCUT2D eigenvalue weighted by Crippen LogP contribution is 2.12. The van der Waals surface area contributed by atoms with Crippen molar-refractivity contribution in [3.05, 3.63) is 12.2 Å². The van der Waals surface area contributed by atoms with Gasteiger partial charge < -0.3 is 9.47 Å². The van der Waals surface area contributed by atoms with E-state index in [9.17, 15) is 9.59 Å². The molecule has 0 aromatic carbocycles. The first-order chi connectivity index (χ1) is 6.35. The van der Waals surface area contributed by atoms with Gasteiger partial charge in [0.05, 0.1) is 13.7 Å². The summed E-state index contributed by atoms with van der Waals surface area (Å²) in [6.07, 6.45) is 2.09. The van der Waals surface area contributed by atoms with Gasteiger partial charge in [0.2, 0.25) is 0 Å². The summed E-state index contributed by atoms with van der Waals surface area (Å²) in [4.78, 5) is 21.6. The van der Waals surface area contributed by atoms with Gasteiger partial charge in [-0.1, -0.05) is 20.8 Å². The number of ether oxygens (including phenoxy) is 2. The minimum atomic E-state index is -0.572. The molecule has 0 fully saturated rings. The molecule has 0 heterocycles. The van der Waals surface area contributed by atoms with E-state index in [1.807, 2.05) is 20.8 Å². The molecule has 0 unspecified atom stereocenters. The van der Waals surface area contributed by atoms with Gasteiger partial charge in [-0.05, 0) is 5.41 Å².